The Hall–Kier alpha value is -2.70. The fourth-order valence-corrected chi connectivity index (χ4v) is 3.14. The van der Waals surface area contributed by atoms with Crippen LogP contribution in [0.5, 0.6) is 0 Å². The van der Waals surface area contributed by atoms with E-state index in [2.05, 4.69) is 14.9 Å². The molecule has 0 aliphatic carbocycles. The van der Waals surface area contributed by atoms with Crippen LogP contribution in [0.25, 0.3) is 0 Å². The molecule has 24 heavy (non-hydrogen) atoms. The molecule has 1 aliphatic heterocycles. The number of nitrogen functional groups attached to an aromatic ring is 1. The zero-order valence-corrected chi connectivity index (χ0v) is 13.4. The third-order valence-corrected chi connectivity index (χ3v) is 4.25. The van der Waals surface area contributed by atoms with E-state index in [1.807, 2.05) is 13.0 Å². The molecule has 7 heteroatoms. The maximum atomic E-state index is 13.5. The van der Waals surface area contributed by atoms with Gasteiger partial charge in [0.05, 0.1) is 5.56 Å². The molecule has 1 atom stereocenters. The van der Waals surface area contributed by atoms with Crippen LogP contribution in [0.4, 0.5) is 16.2 Å². The summed E-state index contributed by atoms with van der Waals surface area (Å²) >= 11 is 0. The summed E-state index contributed by atoms with van der Waals surface area (Å²) in [5, 5.41) is 9.02. The molecule has 1 aromatic carbocycles. The van der Waals surface area contributed by atoms with E-state index in [0.717, 1.165) is 36.6 Å². The Bertz CT molecular complexity index is 761. The summed E-state index contributed by atoms with van der Waals surface area (Å²) in [6.07, 6.45) is 1.67. The Labute approximate surface area is 139 Å². The van der Waals surface area contributed by atoms with Crippen LogP contribution < -0.4 is 10.6 Å². The zero-order chi connectivity index (χ0) is 17.3. The molecule has 1 aliphatic rings. The topological polar surface area (TPSA) is 92.3 Å². The van der Waals surface area contributed by atoms with E-state index >= 15 is 0 Å². The van der Waals surface area contributed by atoms with Crippen LogP contribution in [0.3, 0.4) is 0 Å². The van der Waals surface area contributed by atoms with Crippen molar-refractivity contribution in [2.24, 2.45) is 5.92 Å². The molecular formula is C17H19FN4O2. The van der Waals surface area contributed by atoms with Gasteiger partial charge in [-0.1, -0.05) is 6.07 Å². The van der Waals surface area contributed by atoms with Gasteiger partial charge in [-0.05, 0) is 43.4 Å². The van der Waals surface area contributed by atoms with E-state index in [4.69, 9.17) is 10.8 Å². The van der Waals surface area contributed by atoms with E-state index in [1.165, 1.54) is 12.1 Å². The fourth-order valence-electron chi connectivity index (χ4n) is 3.14. The van der Waals surface area contributed by atoms with Gasteiger partial charge in [0, 0.05) is 24.8 Å². The average Bonchev–Trinajstić information content (AvgIpc) is 2.96. The number of aryl methyl sites for hydroxylation is 1. The summed E-state index contributed by atoms with van der Waals surface area (Å²) in [4.78, 5) is 21.5. The molecule has 1 aromatic heterocycles. The monoisotopic (exact) mass is 330 g/mol. The average molecular weight is 330 g/mol. The van der Waals surface area contributed by atoms with Gasteiger partial charge >= 0.3 is 5.97 Å². The Balaban J connectivity index is 1.70. The highest BCUT2D eigenvalue weighted by molar-refractivity contribution is 5.88. The Morgan fingerprint density at radius 2 is 2.21 bits per heavy atom. The van der Waals surface area contributed by atoms with E-state index in [-0.39, 0.29) is 11.5 Å². The second kappa shape index (κ2) is 6.43. The molecule has 0 bridgehead atoms. The predicted molar refractivity (Wildman–Crippen MR) is 88.6 cm³/mol. The smallest absolute Gasteiger partial charge is 0.338 e. The summed E-state index contributed by atoms with van der Waals surface area (Å²) in [5.41, 5.74) is 7.09. The van der Waals surface area contributed by atoms with Crippen molar-refractivity contribution in [3.05, 3.63) is 46.9 Å². The molecule has 6 nitrogen and oxygen atoms in total. The van der Waals surface area contributed by atoms with Crippen molar-refractivity contribution >= 4 is 17.7 Å². The van der Waals surface area contributed by atoms with Crippen LogP contribution in [0.1, 0.15) is 28.0 Å². The molecule has 1 fully saturated rings. The number of carbonyl (C=O) groups is 1. The number of benzene rings is 1. The minimum absolute atomic E-state index is 0.262. The van der Waals surface area contributed by atoms with Gasteiger partial charge in [-0.15, -0.1) is 0 Å². The molecule has 0 amide bonds. The number of anilines is 2. The third kappa shape index (κ3) is 3.45. The van der Waals surface area contributed by atoms with Crippen LogP contribution in [0.15, 0.2) is 24.3 Å². The lowest BCUT2D eigenvalue weighted by atomic mass is 9.97. The van der Waals surface area contributed by atoms with Gasteiger partial charge in [0.15, 0.2) is 0 Å². The molecule has 3 rings (SSSR count). The van der Waals surface area contributed by atoms with Crippen molar-refractivity contribution in [2.45, 2.75) is 19.8 Å². The van der Waals surface area contributed by atoms with Gasteiger partial charge in [0.25, 0.3) is 0 Å². The number of carboxylic acid groups (broad SMARTS) is 1. The lowest BCUT2D eigenvalue weighted by Crippen LogP contribution is -2.22. The normalized spacial score (nSPS) is 17.2. The van der Waals surface area contributed by atoms with Crippen LogP contribution in [-0.2, 0) is 6.42 Å². The highest BCUT2D eigenvalue weighted by Gasteiger charge is 2.24. The van der Waals surface area contributed by atoms with Crippen molar-refractivity contribution in [1.29, 1.82) is 0 Å². The number of carboxylic acids is 1. The van der Waals surface area contributed by atoms with Gasteiger partial charge in [0.2, 0.25) is 5.95 Å². The van der Waals surface area contributed by atoms with Crippen molar-refractivity contribution < 1.29 is 14.3 Å². The number of nitrogens with two attached hydrogens (primary N) is 1. The first kappa shape index (κ1) is 16.2. The van der Waals surface area contributed by atoms with Crippen LogP contribution in [-0.4, -0.2) is 34.1 Å². The summed E-state index contributed by atoms with van der Waals surface area (Å²) < 4.78 is 13.5. The summed E-state index contributed by atoms with van der Waals surface area (Å²) in [6, 6.07) is 6.20. The number of hydrogen-bond donors (Lipinski definition) is 2. The van der Waals surface area contributed by atoms with Crippen molar-refractivity contribution in [3.8, 4) is 0 Å². The second-order valence-corrected chi connectivity index (χ2v) is 6.15. The highest BCUT2D eigenvalue weighted by Crippen LogP contribution is 2.26. The van der Waals surface area contributed by atoms with Crippen LogP contribution >= 0.6 is 0 Å². The Kier molecular flexibility index (Phi) is 4.33. The standard InChI is InChI=1S/C17H19FN4O2/c1-10-6-15(21-17(19)20-10)22-5-4-12(9-22)7-11-2-3-14(18)13(8-11)16(23)24/h2-3,6,8,12H,4-5,7,9H2,1H3,(H,23,24)(H2,19,20,21). The molecule has 2 aromatic rings. The van der Waals surface area contributed by atoms with Gasteiger partial charge in [-0.25, -0.2) is 14.2 Å². The Morgan fingerprint density at radius 3 is 2.92 bits per heavy atom. The number of nitrogens with zero attached hydrogens (tertiary/aromatic N) is 3. The number of aromatic nitrogens is 2. The minimum atomic E-state index is -1.24. The van der Waals surface area contributed by atoms with Gasteiger partial charge in [-0.2, -0.15) is 4.98 Å². The maximum Gasteiger partial charge on any atom is 0.338 e. The summed E-state index contributed by atoms with van der Waals surface area (Å²) in [6.45, 7) is 3.53. The molecule has 0 spiro atoms. The van der Waals surface area contributed by atoms with Gasteiger partial charge < -0.3 is 15.7 Å². The second-order valence-electron chi connectivity index (χ2n) is 6.15. The third-order valence-electron chi connectivity index (χ3n) is 4.25. The van der Waals surface area contributed by atoms with E-state index in [0.29, 0.717) is 12.3 Å². The van der Waals surface area contributed by atoms with E-state index in [9.17, 15) is 9.18 Å². The summed E-state index contributed by atoms with van der Waals surface area (Å²) in [5.74, 6) is -0.514. The number of rotatable bonds is 4. The lowest BCUT2D eigenvalue weighted by Gasteiger charge is -2.18. The molecule has 3 N–H and O–H groups in total. The molecular weight excluding hydrogens is 311 g/mol. The molecule has 1 unspecified atom stereocenters. The van der Waals surface area contributed by atoms with E-state index in [1.54, 1.807) is 6.07 Å². The van der Waals surface area contributed by atoms with Crippen LogP contribution in [0, 0.1) is 18.7 Å². The van der Waals surface area contributed by atoms with Gasteiger partial charge in [0.1, 0.15) is 11.6 Å². The summed E-state index contributed by atoms with van der Waals surface area (Å²) in [7, 11) is 0. The lowest BCUT2D eigenvalue weighted by molar-refractivity contribution is 0.0691. The molecule has 126 valence electrons. The molecule has 0 radical (unpaired) electrons. The molecule has 2 heterocycles. The maximum absolute atomic E-state index is 13.5. The van der Waals surface area contributed by atoms with Crippen molar-refractivity contribution in [1.82, 2.24) is 9.97 Å². The van der Waals surface area contributed by atoms with Crippen LogP contribution in [0.2, 0.25) is 0 Å². The zero-order valence-electron chi connectivity index (χ0n) is 13.4. The Morgan fingerprint density at radius 1 is 1.42 bits per heavy atom. The number of hydrogen-bond acceptors (Lipinski definition) is 5. The number of halogens is 1. The van der Waals surface area contributed by atoms with E-state index < -0.39 is 11.8 Å². The highest BCUT2D eigenvalue weighted by atomic mass is 19.1. The minimum Gasteiger partial charge on any atom is -0.478 e. The van der Waals surface area contributed by atoms with Crippen molar-refractivity contribution in [2.75, 3.05) is 23.7 Å². The quantitative estimate of drug-likeness (QED) is 0.893. The first-order valence-electron chi connectivity index (χ1n) is 7.80. The largest absolute Gasteiger partial charge is 0.478 e. The van der Waals surface area contributed by atoms with Crippen molar-refractivity contribution in [3.63, 3.8) is 0 Å². The first-order valence-corrected chi connectivity index (χ1v) is 7.80. The molecule has 0 saturated carbocycles. The molecule has 1 saturated heterocycles. The SMILES string of the molecule is Cc1cc(N2CCC(Cc3ccc(F)c(C(=O)O)c3)C2)nc(N)n1. The van der Waals surface area contributed by atoms with Gasteiger partial charge in [-0.3, -0.25) is 0 Å². The predicted octanol–water partition coefficient (Wildman–Crippen LogP) is 2.27. The first-order chi connectivity index (χ1) is 11.4. The number of aromatic carboxylic acids is 1. The fraction of sp³-hybridized carbons (Fsp3) is 0.353.